The van der Waals surface area contributed by atoms with E-state index in [9.17, 15) is 4.79 Å². The van der Waals surface area contributed by atoms with Gasteiger partial charge in [0.15, 0.2) is 0 Å². The van der Waals surface area contributed by atoms with Gasteiger partial charge in [0.25, 0.3) is 0 Å². The number of hydrogen-bond donors (Lipinski definition) is 1. The summed E-state index contributed by atoms with van der Waals surface area (Å²) < 4.78 is 1.18. The van der Waals surface area contributed by atoms with Gasteiger partial charge in [-0.25, -0.2) is 4.98 Å². The normalized spacial score (nSPS) is 20.4. The predicted molar refractivity (Wildman–Crippen MR) is 101 cm³/mol. The van der Waals surface area contributed by atoms with Crippen molar-refractivity contribution in [1.82, 2.24) is 15.2 Å². The summed E-state index contributed by atoms with van der Waals surface area (Å²) in [5.41, 5.74) is 0.601. The lowest BCUT2D eigenvalue weighted by atomic mass is 9.89. The van der Waals surface area contributed by atoms with Crippen molar-refractivity contribution in [3.05, 3.63) is 29.3 Å². The standard InChI is InChI=1S/C16H21N3OS.2ClH/c1-16(9-5-6-10-17-16)15(20)19(2)11-14-18-12-7-3-4-8-13(12)21-14;;/h3-4,7-8,17H,5-6,9-11H2,1-2H3;2*1H. The van der Waals surface area contributed by atoms with Gasteiger partial charge in [0.05, 0.1) is 22.3 Å². The molecular formula is C16H23Cl2N3OS. The van der Waals surface area contributed by atoms with E-state index >= 15 is 0 Å². The van der Waals surface area contributed by atoms with E-state index in [1.807, 2.05) is 32.2 Å². The molecule has 1 aliphatic heterocycles. The maximum atomic E-state index is 12.7. The highest BCUT2D eigenvalue weighted by Crippen LogP contribution is 2.25. The van der Waals surface area contributed by atoms with E-state index in [4.69, 9.17) is 0 Å². The van der Waals surface area contributed by atoms with Crippen molar-refractivity contribution < 1.29 is 4.79 Å². The third kappa shape index (κ3) is 4.35. The number of hydrogen-bond acceptors (Lipinski definition) is 4. The SMILES string of the molecule is CN(Cc1nc2ccccc2s1)C(=O)C1(C)CCCCN1.Cl.Cl. The van der Waals surface area contributed by atoms with Crippen molar-refractivity contribution in [3.8, 4) is 0 Å². The fourth-order valence-corrected chi connectivity index (χ4v) is 3.94. The van der Waals surface area contributed by atoms with Crippen LogP contribution in [0.25, 0.3) is 10.2 Å². The molecule has 2 heterocycles. The van der Waals surface area contributed by atoms with E-state index in [2.05, 4.69) is 16.4 Å². The van der Waals surface area contributed by atoms with Crippen LogP contribution in [0.3, 0.4) is 0 Å². The number of para-hydroxylation sites is 1. The number of likely N-dealkylation sites (N-methyl/N-ethyl adjacent to an activating group) is 1. The van der Waals surface area contributed by atoms with E-state index < -0.39 is 5.54 Å². The molecule has 0 saturated carbocycles. The maximum Gasteiger partial charge on any atom is 0.242 e. The number of nitrogens with one attached hydrogen (secondary N) is 1. The van der Waals surface area contributed by atoms with Crippen LogP contribution in [0.5, 0.6) is 0 Å². The Bertz CT molecular complexity index is 623. The van der Waals surface area contributed by atoms with Crippen molar-refractivity contribution in [1.29, 1.82) is 0 Å². The van der Waals surface area contributed by atoms with Gasteiger partial charge in [-0.1, -0.05) is 12.1 Å². The molecule has 4 nitrogen and oxygen atoms in total. The Hall–Kier alpha value is -0.880. The van der Waals surface area contributed by atoms with Crippen LogP contribution in [0.2, 0.25) is 0 Å². The summed E-state index contributed by atoms with van der Waals surface area (Å²) in [6.45, 7) is 3.52. The van der Waals surface area contributed by atoms with Crippen LogP contribution in [0.1, 0.15) is 31.2 Å². The summed E-state index contributed by atoms with van der Waals surface area (Å²) in [7, 11) is 1.87. The minimum absolute atomic E-state index is 0. The lowest BCUT2D eigenvalue weighted by Crippen LogP contribution is -2.57. The minimum atomic E-state index is -0.413. The van der Waals surface area contributed by atoms with Gasteiger partial charge in [-0.3, -0.25) is 4.79 Å². The van der Waals surface area contributed by atoms with Crippen LogP contribution < -0.4 is 5.32 Å². The molecule has 0 radical (unpaired) electrons. The van der Waals surface area contributed by atoms with Gasteiger partial charge in [-0.15, -0.1) is 36.2 Å². The van der Waals surface area contributed by atoms with Crippen molar-refractivity contribution in [2.24, 2.45) is 0 Å². The highest BCUT2D eigenvalue weighted by Gasteiger charge is 2.36. The molecule has 1 aliphatic rings. The smallest absolute Gasteiger partial charge is 0.242 e. The van der Waals surface area contributed by atoms with Gasteiger partial charge in [0, 0.05) is 7.05 Å². The number of benzene rings is 1. The third-order valence-electron chi connectivity index (χ3n) is 4.15. The number of halogens is 2. The maximum absolute atomic E-state index is 12.7. The highest BCUT2D eigenvalue weighted by atomic mass is 35.5. The van der Waals surface area contributed by atoms with Crippen LogP contribution in [0.4, 0.5) is 0 Å². The lowest BCUT2D eigenvalue weighted by molar-refractivity contribution is -0.137. The van der Waals surface area contributed by atoms with Crippen LogP contribution in [-0.2, 0) is 11.3 Å². The van der Waals surface area contributed by atoms with Crippen LogP contribution in [-0.4, -0.2) is 34.9 Å². The first kappa shape index (κ1) is 20.2. The molecule has 7 heteroatoms. The molecule has 1 saturated heterocycles. The first-order valence-corrected chi connectivity index (χ1v) is 8.25. The second kappa shape index (κ2) is 8.29. The topological polar surface area (TPSA) is 45.2 Å². The number of piperidine rings is 1. The van der Waals surface area contributed by atoms with Crippen LogP contribution in [0.15, 0.2) is 24.3 Å². The van der Waals surface area contributed by atoms with E-state index in [1.165, 1.54) is 4.70 Å². The van der Waals surface area contributed by atoms with Gasteiger partial charge >= 0.3 is 0 Å². The molecule has 2 aromatic rings. The largest absolute Gasteiger partial charge is 0.337 e. The van der Waals surface area contributed by atoms with Crippen molar-refractivity contribution in [2.75, 3.05) is 13.6 Å². The van der Waals surface area contributed by atoms with Gasteiger partial charge in [-0.2, -0.15) is 0 Å². The fourth-order valence-electron chi connectivity index (χ4n) is 2.92. The van der Waals surface area contributed by atoms with E-state index in [-0.39, 0.29) is 30.7 Å². The molecule has 1 amide bonds. The zero-order valence-corrected chi connectivity index (χ0v) is 15.8. The first-order chi connectivity index (χ1) is 10.1. The lowest BCUT2D eigenvalue weighted by Gasteiger charge is -2.36. The molecule has 23 heavy (non-hydrogen) atoms. The molecule has 0 aliphatic carbocycles. The zero-order valence-electron chi connectivity index (χ0n) is 13.4. The molecule has 0 bridgehead atoms. The summed E-state index contributed by atoms with van der Waals surface area (Å²) in [6, 6.07) is 8.10. The Morgan fingerprint density at radius 3 is 2.74 bits per heavy atom. The summed E-state index contributed by atoms with van der Waals surface area (Å²) in [4.78, 5) is 19.1. The quantitative estimate of drug-likeness (QED) is 0.890. The number of rotatable bonds is 3. The Kier molecular flexibility index (Phi) is 7.27. The molecule has 1 unspecified atom stereocenters. The first-order valence-electron chi connectivity index (χ1n) is 7.43. The molecule has 1 fully saturated rings. The van der Waals surface area contributed by atoms with E-state index in [1.54, 1.807) is 16.2 Å². The average Bonchev–Trinajstić information content (AvgIpc) is 2.89. The molecule has 1 N–H and O–H groups in total. The Labute approximate surface area is 153 Å². The van der Waals surface area contributed by atoms with Crippen LogP contribution >= 0.6 is 36.2 Å². The number of fused-ring (bicyclic) bond motifs is 1. The minimum Gasteiger partial charge on any atom is -0.337 e. The van der Waals surface area contributed by atoms with Gasteiger partial charge in [0.2, 0.25) is 5.91 Å². The number of thiazole rings is 1. The van der Waals surface area contributed by atoms with Gasteiger partial charge < -0.3 is 10.2 Å². The fraction of sp³-hybridized carbons (Fsp3) is 0.500. The van der Waals surface area contributed by atoms with Crippen LogP contribution in [0, 0.1) is 0 Å². The summed E-state index contributed by atoms with van der Waals surface area (Å²) >= 11 is 1.66. The molecule has 0 spiro atoms. The molecule has 128 valence electrons. The van der Waals surface area contributed by atoms with E-state index in [0.717, 1.165) is 36.3 Å². The number of aromatic nitrogens is 1. The number of carbonyl (C=O) groups is 1. The summed E-state index contributed by atoms with van der Waals surface area (Å²) in [5, 5.41) is 4.37. The second-order valence-corrected chi connectivity index (χ2v) is 7.07. The molecule has 1 aromatic carbocycles. The molecule has 1 atom stereocenters. The summed E-state index contributed by atoms with van der Waals surface area (Å²) in [6.07, 6.45) is 3.19. The molecular weight excluding hydrogens is 353 g/mol. The number of carbonyl (C=O) groups excluding carboxylic acids is 1. The predicted octanol–water partition coefficient (Wildman–Crippen LogP) is 3.63. The molecule has 3 rings (SSSR count). The zero-order chi connectivity index (χ0) is 14.9. The second-order valence-electron chi connectivity index (χ2n) is 5.95. The van der Waals surface area contributed by atoms with Gasteiger partial charge in [0.1, 0.15) is 5.01 Å². The Balaban J connectivity index is 0.00000132. The van der Waals surface area contributed by atoms with Crippen molar-refractivity contribution in [3.63, 3.8) is 0 Å². The van der Waals surface area contributed by atoms with E-state index in [0.29, 0.717) is 6.54 Å². The average molecular weight is 376 g/mol. The Morgan fingerprint density at radius 1 is 1.35 bits per heavy atom. The number of nitrogens with zero attached hydrogens (tertiary/aromatic N) is 2. The Morgan fingerprint density at radius 2 is 2.09 bits per heavy atom. The molecule has 1 aromatic heterocycles. The van der Waals surface area contributed by atoms with Crippen molar-refractivity contribution in [2.45, 2.75) is 38.3 Å². The third-order valence-corrected chi connectivity index (χ3v) is 5.17. The number of amides is 1. The monoisotopic (exact) mass is 375 g/mol. The highest BCUT2D eigenvalue weighted by molar-refractivity contribution is 7.18. The summed E-state index contributed by atoms with van der Waals surface area (Å²) in [5.74, 6) is 0.168. The van der Waals surface area contributed by atoms with Crippen molar-refractivity contribution >= 4 is 52.3 Å². The van der Waals surface area contributed by atoms with Gasteiger partial charge in [-0.05, 0) is 44.9 Å².